The lowest BCUT2D eigenvalue weighted by atomic mass is 10.3. The predicted octanol–water partition coefficient (Wildman–Crippen LogP) is 1.13. The molecule has 128 valence electrons. The molecular weight excluding hydrogens is 312 g/mol. The van der Waals surface area contributed by atoms with Gasteiger partial charge in [0.1, 0.15) is 12.0 Å². The summed E-state index contributed by atoms with van der Waals surface area (Å²) in [7, 11) is 3.02. The highest BCUT2D eigenvalue weighted by molar-refractivity contribution is 5.29. The van der Waals surface area contributed by atoms with E-state index in [0.29, 0.717) is 24.1 Å². The molecule has 1 saturated heterocycles. The molecule has 8 heteroatoms. The first-order valence-corrected chi connectivity index (χ1v) is 7.69. The molecule has 1 aliphatic rings. The lowest BCUT2D eigenvalue weighted by molar-refractivity contribution is 0.286. The van der Waals surface area contributed by atoms with Gasteiger partial charge in [-0.05, 0) is 6.42 Å². The van der Waals surface area contributed by atoms with Crippen molar-refractivity contribution in [3.8, 4) is 11.6 Å². The second kappa shape index (κ2) is 7.31. The summed E-state index contributed by atoms with van der Waals surface area (Å²) in [6, 6.07) is 3.42. The average Bonchev–Trinajstić information content (AvgIpc) is 3.02. The van der Waals surface area contributed by atoms with Crippen LogP contribution < -0.4 is 20.2 Å². The fourth-order valence-corrected chi connectivity index (χ4v) is 2.69. The maximum atomic E-state index is 11.8. The van der Waals surface area contributed by atoms with E-state index in [1.165, 1.54) is 19.4 Å². The Hall–Kier alpha value is -2.61. The normalized spacial score (nSPS) is 17.7. The van der Waals surface area contributed by atoms with Crippen molar-refractivity contribution >= 4 is 5.95 Å². The molecule has 1 unspecified atom stereocenters. The smallest absolute Gasteiger partial charge is 0.227 e. The van der Waals surface area contributed by atoms with Gasteiger partial charge >= 0.3 is 0 Å². The van der Waals surface area contributed by atoms with Crippen LogP contribution in [0.5, 0.6) is 11.6 Å². The van der Waals surface area contributed by atoms with Crippen LogP contribution in [0.25, 0.3) is 0 Å². The second-order valence-corrected chi connectivity index (χ2v) is 5.57. The minimum atomic E-state index is -0.169. The molecule has 2 aromatic rings. The second-order valence-electron chi connectivity index (χ2n) is 5.57. The molecule has 0 bridgehead atoms. The molecule has 1 atom stereocenters. The van der Waals surface area contributed by atoms with E-state index < -0.39 is 0 Å². The van der Waals surface area contributed by atoms with Gasteiger partial charge in [-0.25, -0.2) is 4.98 Å². The number of hydrogen-bond donors (Lipinski definition) is 1. The third-order valence-corrected chi connectivity index (χ3v) is 3.90. The lowest BCUT2D eigenvalue weighted by Gasteiger charge is -2.16. The molecule has 3 rings (SSSR count). The number of anilines is 1. The van der Waals surface area contributed by atoms with E-state index in [0.717, 1.165) is 19.5 Å². The number of rotatable bonds is 6. The molecule has 1 aliphatic heterocycles. The highest BCUT2D eigenvalue weighted by Gasteiger charge is 2.24. The van der Waals surface area contributed by atoms with Crippen molar-refractivity contribution < 1.29 is 13.9 Å². The molecule has 0 spiro atoms. The van der Waals surface area contributed by atoms with Crippen molar-refractivity contribution in [2.75, 3.05) is 32.6 Å². The summed E-state index contributed by atoms with van der Waals surface area (Å²) in [6.45, 7) is 2.30. The summed E-state index contributed by atoms with van der Waals surface area (Å²) in [5.41, 5.74) is -0.169. The standard InChI is InChI=1S/C16H20N4O4/c1-22-14-10-24-12(7-13(14)21)9-20-6-4-11(8-20)18-16-17-5-3-15(19-16)23-2/h3,5,7,10-11H,4,6,8-9H2,1-2H3,(H,17,18,19). The molecule has 8 nitrogen and oxygen atoms in total. The van der Waals surface area contributed by atoms with Crippen molar-refractivity contribution in [1.82, 2.24) is 14.9 Å². The third-order valence-electron chi connectivity index (χ3n) is 3.90. The Kier molecular flexibility index (Phi) is 4.95. The monoisotopic (exact) mass is 332 g/mol. The number of ether oxygens (including phenoxy) is 2. The van der Waals surface area contributed by atoms with Gasteiger partial charge in [0.15, 0.2) is 0 Å². The first-order valence-electron chi connectivity index (χ1n) is 7.69. The number of likely N-dealkylation sites (tertiary alicyclic amines) is 1. The summed E-state index contributed by atoms with van der Waals surface area (Å²) in [5, 5.41) is 3.30. The first kappa shape index (κ1) is 16.3. The number of nitrogens with one attached hydrogen (secondary N) is 1. The zero-order valence-corrected chi connectivity index (χ0v) is 13.7. The van der Waals surface area contributed by atoms with Crippen LogP contribution in [-0.4, -0.2) is 48.2 Å². The SMILES string of the molecule is COc1ccnc(NC2CCN(Cc3cc(=O)c(OC)co3)C2)n1. The van der Waals surface area contributed by atoms with Gasteiger partial charge in [-0.2, -0.15) is 4.98 Å². The van der Waals surface area contributed by atoms with Crippen LogP contribution >= 0.6 is 0 Å². The van der Waals surface area contributed by atoms with Gasteiger partial charge in [-0.3, -0.25) is 9.69 Å². The molecular formula is C16H20N4O4. The average molecular weight is 332 g/mol. The molecule has 3 heterocycles. The van der Waals surface area contributed by atoms with Gasteiger partial charge in [0, 0.05) is 37.5 Å². The Morgan fingerprint density at radius 1 is 1.42 bits per heavy atom. The third kappa shape index (κ3) is 3.83. The zero-order valence-electron chi connectivity index (χ0n) is 13.7. The first-order chi connectivity index (χ1) is 11.7. The molecule has 1 fully saturated rings. The van der Waals surface area contributed by atoms with Crippen LogP contribution in [0, 0.1) is 0 Å². The van der Waals surface area contributed by atoms with E-state index in [2.05, 4.69) is 20.2 Å². The van der Waals surface area contributed by atoms with Crippen molar-refractivity contribution in [2.24, 2.45) is 0 Å². The van der Waals surface area contributed by atoms with E-state index in [4.69, 9.17) is 13.9 Å². The molecule has 0 aromatic carbocycles. The lowest BCUT2D eigenvalue weighted by Crippen LogP contribution is -2.27. The minimum Gasteiger partial charge on any atom is -0.490 e. The van der Waals surface area contributed by atoms with Gasteiger partial charge in [-0.1, -0.05) is 0 Å². The Labute approximate surface area is 139 Å². The molecule has 0 saturated carbocycles. The Morgan fingerprint density at radius 2 is 2.29 bits per heavy atom. The summed E-state index contributed by atoms with van der Waals surface area (Å²) in [4.78, 5) is 22.4. The van der Waals surface area contributed by atoms with Gasteiger partial charge in [0.05, 0.1) is 20.8 Å². The van der Waals surface area contributed by atoms with E-state index in [-0.39, 0.29) is 17.2 Å². The van der Waals surface area contributed by atoms with Gasteiger partial charge in [0.2, 0.25) is 23.0 Å². The van der Waals surface area contributed by atoms with Crippen molar-refractivity contribution in [3.63, 3.8) is 0 Å². The summed E-state index contributed by atoms with van der Waals surface area (Å²) >= 11 is 0. The van der Waals surface area contributed by atoms with Crippen LogP contribution in [0.4, 0.5) is 5.95 Å². The Bertz CT molecular complexity index is 749. The quantitative estimate of drug-likeness (QED) is 0.842. The van der Waals surface area contributed by atoms with Gasteiger partial charge in [0.25, 0.3) is 0 Å². The van der Waals surface area contributed by atoms with Gasteiger partial charge in [-0.15, -0.1) is 0 Å². The maximum Gasteiger partial charge on any atom is 0.227 e. The van der Waals surface area contributed by atoms with Crippen LogP contribution in [0.3, 0.4) is 0 Å². The summed E-state index contributed by atoms with van der Waals surface area (Å²) in [6.07, 6.45) is 3.97. The van der Waals surface area contributed by atoms with Crippen molar-refractivity contribution in [3.05, 3.63) is 40.6 Å². The molecule has 0 radical (unpaired) electrons. The summed E-state index contributed by atoms with van der Waals surface area (Å²) in [5.74, 6) is 1.92. The Morgan fingerprint density at radius 3 is 3.04 bits per heavy atom. The Balaban J connectivity index is 1.57. The number of aromatic nitrogens is 2. The minimum absolute atomic E-state index is 0.169. The molecule has 0 amide bonds. The highest BCUT2D eigenvalue weighted by atomic mass is 16.5. The number of hydrogen-bond acceptors (Lipinski definition) is 8. The molecule has 0 aliphatic carbocycles. The fourth-order valence-electron chi connectivity index (χ4n) is 2.69. The number of nitrogens with zero attached hydrogens (tertiary/aromatic N) is 3. The van der Waals surface area contributed by atoms with Crippen LogP contribution in [-0.2, 0) is 6.54 Å². The molecule has 1 N–H and O–H groups in total. The van der Waals surface area contributed by atoms with Gasteiger partial charge < -0.3 is 19.2 Å². The van der Waals surface area contributed by atoms with E-state index in [9.17, 15) is 4.79 Å². The van der Waals surface area contributed by atoms with Crippen molar-refractivity contribution in [2.45, 2.75) is 19.0 Å². The van der Waals surface area contributed by atoms with E-state index >= 15 is 0 Å². The predicted molar refractivity (Wildman–Crippen MR) is 87.4 cm³/mol. The zero-order chi connectivity index (χ0) is 16.9. The van der Waals surface area contributed by atoms with Crippen molar-refractivity contribution in [1.29, 1.82) is 0 Å². The molecule has 2 aromatic heterocycles. The number of methoxy groups -OCH3 is 2. The van der Waals surface area contributed by atoms with Crippen LogP contribution in [0.1, 0.15) is 12.2 Å². The molecule has 24 heavy (non-hydrogen) atoms. The largest absolute Gasteiger partial charge is 0.490 e. The maximum absolute atomic E-state index is 11.8. The van der Waals surface area contributed by atoms with E-state index in [1.807, 2.05) is 0 Å². The van der Waals surface area contributed by atoms with Crippen LogP contribution in [0.15, 0.2) is 33.8 Å². The topological polar surface area (TPSA) is 89.7 Å². The van der Waals surface area contributed by atoms with Crippen LogP contribution in [0.2, 0.25) is 0 Å². The van der Waals surface area contributed by atoms with E-state index in [1.54, 1.807) is 19.4 Å². The summed E-state index contributed by atoms with van der Waals surface area (Å²) < 4.78 is 15.5. The fraction of sp³-hybridized carbons (Fsp3) is 0.438. The highest BCUT2D eigenvalue weighted by Crippen LogP contribution is 2.17.